The van der Waals surface area contributed by atoms with E-state index in [4.69, 9.17) is 4.98 Å². The van der Waals surface area contributed by atoms with Crippen molar-refractivity contribution in [1.29, 1.82) is 0 Å². The Balaban J connectivity index is 1.30. The minimum absolute atomic E-state index is 0.0124. The zero-order valence-electron chi connectivity index (χ0n) is 18.8. The minimum atomic E-state index is 0.0124. The third-order valence-electron chi connectivity index (χ3n) is 7.17. The molecule has 1 aromatic heterocycles. The van der Waals surface area contributed by atoms with E-state index in [1.54, 1.807) is 11.3 Å². The number of rotatable bonds is 5. The number of amides is 2. The van der Waals surface area contributed by atoms with Crippen LogP contribution in [0.25, 0.3) is 0 Å². The fourth-order valence-electron chi connectivity index (χ4n) is 5.24. The number of carbonyl (C=O) groups is 2. The second kappa shape index (κ2) is 8.60. The predicted molar refractivity (Wildman–Crippen MR) is 121 cm³/mol. The molecule has 0 radical (unpaired) electrons. The third kappa shape index (κ3) is 5.06. The van der Waals surface area contributed by atoms with Gasteiger partial charge in [0, 0.05) is 36.3 Å². The molecule has 0 bridgehead atoms. The second-order valence-electron chi connectivity index (χ2n) is 10.9. The third-order valence-corrected chi connectivity index (χ3v) is 8.18. The molecular weight excluding hydrogens is 394 g/mol. The lowest BCUT2D eigenvalue weighted by Gasteiger charge is -2.33. The maximum atomic E-state index is 12.9. The van der Waals surface area contributed by atoms with Crippen molar-refractivity contribution < 1.29 is 9.59 Å². The average Bonchev–Trinajstić information content (AvgIpc) is 3.32. The first-order valence-electron chi connectivity index (χ1n) is 11.8. The van der Waals surface area contributed by atoms with Crippen LogP contribution in [0.4, 0.5) is 0 Å². The molecule has 2 saturated carbocycles. The normalized spacial score (nSPS) is 22.7. The molecule has 2 aliphatic carbocycles. The number of nitrogens with one attached hydrogen (secondary N) is 1. The molecule has 0 spiro atoms. The summed E-state index contributed by atoms with van der Waals surface area (Å²) >= 11 is 1.61. The van der Waals surface area contributed by atoms with Gasteiger partial charge in [-0.3, -0.25) is 9.59 Å². The van der Waals surface area contributed by atoms with E-state index in [1.807, 2.05) is 10.3 Å². The van der Waals surface area contributed by atoms with Crippen LogP contribution in [0, 0.1) is 11.3 Å². The van der Waals surface area contributed by atoms with Crippen LogP contribution in [0.5, 0.6) is 0 Å². The Bertz CT molecular complexity index is 764. The van der Waals surface area contributed by atoms with Gasteiger partial charge >= 0.3 is 0 Å². The average molecular weight is 432 g/mol. The van der Waals surface area contributed by atoms with Gasteiger partial charge in [0.05, 0.1) is 5.01 Å². The SMILES string of the molecule is CC(C)(C)CC(=O)N1CCC(c2nc(C(=O)NC3(C4CCCCC4)CC3)cs2)CC1. The first kappa shape index (κ1) is 21.8. The van der Waals surface area contributed by atoms with Crippen molar-refractivity contribution in [2.45, 2.75) is 96.4 Å². The van der Waals surface area contributed by atoms with Crippen LogP contribution in [0.3, 0.4) is 0 Å². The number of thiazole rings is 1. The molecule has 3 fully saturated rings. The molecule has 2 amide bonds. The Kier molecular flexibility index (Phi) is 6.25. The molecule has 166 valence electrons. The quantitative estimate of drug-likeness (QED) is 0.703. The summed E-state index contributed by atoms with van der Waals surface area (Å²) in [6.45, 7) is 7.93. The van der Waals surface area contributed by atoms with Crippen LogP contribution in [0.2, 0.25) is 0 Å². The lowest BCUT2D eigenvalue weighted by atomic mass is 9.82. The molecule has 1 saturated heterocycles. The van der Waals surface area contributed by atoms with Crippen molar-refractivity contribution in [1.82, 2.24) is 15.2 Å². The van der Waals surface area contributed by atoms with Gasteiger partial charge in [-0.2, -0.15) is 0 Å². The standard InChI is InChI=1S/C24H37N3O2S/c1-23(2,3)15-20(28)27-13-9-17(10-14-27)22-25-19(16-30-22)21(29)26-24(11-12-24)18-7-5-4-6-8-18/h16-18H,4-15H2,1-3H3,(H,26,29). The van der Waals surface area contributed by atoms with Gasteiger partial charge < -0.3 is 10.2 Å². The van der Waals surface area contributed by atoms with Crippen molar-refractivity contribution in [3.63, 3.8) is 0 Å². The number of nitrogens with zero attached hydrogens (tertiary/aromatic N) is 2. The van der Waals surface area contributed by atoms with E-state index in [1.165, 1.54) is 32.1 Å². The molecule has 30 heavy (non-hydrogen) atoms. The highest BCUT2D eigenvalue weighted by Gasteiger charge is 2.50. The summed E-state index contributed by atoms with van der Waals surface area (Å²) in [6, 6.07) is 0. The Labute approximate surface area is 185 Å². The second-order valence-corrected chi connectivity index (χ2v) is 11.8. The summed E-state index contributed by atoms with van der Waals surface area (Å²) in [7, 11) is 0. The van der Waals surface area contributed by atoms with Crippen LogP contribution in [-0.4, -0.2) is 40.3 Å². The molecule has 1 N–H and O–H groups in total. The summed E-state index contributed by atoms with van der Waals surface area (Å²) < 4.78 is 0. The zero-order chi connectivity index (χ0) is 21.4. The van der Waals surface area contributed by atoms with E-state index in [0.29, 0.717) is 24.0 Å². The maximum absolute atomic E-state index is 12.9. The zero-order valence-corrected chi connectivity index (χ0v) is 19.7. The van der Waals surface area contributed by atoms with E-state index in [2.05, 4.69) is 26.1 Å². The highest BCUT2D eigenvalue weighted by molar-refractivity contribution is 7.09. The highest BCUT2D eigenvalue weighted by atomic mass is 32.1. The molecule has 6 heteroatoms. The number of hydrogen-bond donors (Lipinski definition) is 1. The van der Waals surface area contributed by atoms with Crippen molar-refractivity contribution >= 4 is 23.2 Å². The maximum Gasteiger partial charge on any atom is 0.271 e. The van der Waals surface area contributed by atoms with Crippen LogP contribution in [-0.2, 0) is 4.79 Å². The molecule has 5 nitrogen and oxygen atoms in total. The molecule has 0 aromatic carbocycles. The van der Waals surface area contributed by atoms with Gasteiger partial charge in [0.15, 0.2) is 0 Å². The van der Waals surface area contributed by atoms with Crippen molar-refractivity contribution in [3.8, 4) is 0 Å². The molecule has 0 atom stereocenters. The Morgan fingerprint density at radius 3 is 2.40 bits per heavy atom. The van der Waals surface area contributed by atoms with Gasteiger partial charge in [0.1, 0.15) is 5.69 Å². The number of carbonyl (C=O) groups excluding carboxylic acids is 2. The molecular formula is C24H37N3O2S. The topological polar surface area (TPSA) is 62.3 Å². The van der Waals surface area contributed by atoms with Crippen LogP contribution >= 0.6 is 11.3 Å². The Morgan fingerprint density at radius 2 is 1.80 bits per heavy atom. The van der Waals surface area contributed by atoms with Crippen molar-refractivity contribution in [2.75, 3.05) is 13.1 Å². The molecule has 1 aromatic rings. The smallest absolute Gasteiger partial charge is 0.271 e. The van der Waals surface area contributed by atoms with Gasteiger partial charge in [0.25, 0.3) is 5.91 Å². The first-order valence-corrected chi connectivity index (χ1v) is 12.7. The van der Waals surface area contributed by atoms with Gasteiger partial charge in [0.2, 0.25) is 5.91 Å². The molecule has 4 rings (SSSR count). The number of aromatic nitrogens is 1. The number of likely N-dealkylation sites (tertiary alicyclic amines) is 1. The minimum Gasteiger partial charge on any atom is -0.345 e. The molecule has 0 unspecified atom stereocenters. The van der Waals surface area contributed by atoms with E-state index in [0.717, 1.165) is 43.8 Å². The van der Waals surface area contributed by atoms with E-state index in [-0.39, 0.29) is 22.8 Å². The Hall–Kier alpha value is -1.43. The van der Waals surface area contributed by atoms with Gasteiger partial charge in [-0.05, 0) is 49.9 Å². The van der Waals surface area contributed by atoms with Crippen LogP contribution in [0.1, 0.15) is 106 Å². The molecule has 3 aliphatic rings. The van der Waals surface area contributed by atoms with E-state index < -0.39 is 0 Å². The monoisotopic (exact) mass is 431 g/mol. The highest BCUT2D eigenvalue weighted by Crippen LogP contribution is 2.48. The van der Waals surface area contributed by atoms with Crippen molar-refractivity contribution in [2.24, 2.45) is 11.3 Å². The summed E-state index contributed by atoms with van der Waals surface area (Å²) in [5.41, 5.74) is 0.672. The van der Waals surface area contributed by atoms with Crippen LogP contribution < -0.4 is 5.32 Å². The van der Waals surface area contributed by atoms with Gasteiger partial charge in [-0.15, -0.1) is 11.3 Å². The van der Waals surface area contributed by atoms with Crippen LogP contribution in [0.15, 0.2) is 5.38 Å². The van der Waals surface area contributed by atoms with E-state index >= 15 is 0 Å². The first-order chi connectivity index (χ1) is 14.3. The Morgan fingerprint density at radius 1 is 1.13 bits per heavy atom. The summed E-state index contributed by atoms with van der Waals surface area (Å²) in [5, 5.41) is 6.36. The largest absolute Gasteiger partial charge is 0.345 e. The lowest BCUT2D eigenvalue weighted by Crippen LogP contribution is -2.43. The fraction of sp³-hybridized carbons (Fsp3) is 0.792. The molecule has 2 heterocycles. The van der Waals surface area contributed by atoms with E-state index in [9.17, 15) is 9.59 Å². The summed E-state index contributed by atoms with van der Waals surface area (Å²) in [5.74, 6) is 1.29. The molecule has 1 aliphatic heterocycles. The van der Waals surface area contributed by atoms with Crippen molar-refractivity contribution in [3.05, 3.63) is 16.1 Å². The number of piperidine rings is 1. The lowest BCUT2D eigenvalue weighted by molar-refractivity contribution is -0.134. The summed E-state index contributed by atoms with van der Waals surface area (Å²) in [6.07, 6.45) is 11.2. The summed E-state index contributed by atoms with van der Waals surface area (Å²) in [4.78, 5) is 32.1. The van der Waals surface area contributed by atoms with Gasteiger partial charge in [-0.25, -0.2) is 4.98 Å². The van der Waals surface area contributed by atoms with Gasteiger partial charge in [-0.1, -0.05) is 40.0 Å². The fourth-order valence-corrected chi connectivity index (χ4v) is 6.21. The number of hydrogen-bond acceptors (Lipinski definition) is 4. The predicted octanol–water partition coefficient (Wildman–Crippen LogP) is 5.13.